The van der Waals surface area contributed by atoms with Crippen molar-refractivity contribution in [2.45, 2.75) is 13.8 Å². The predicted molar refractivity (Wildman–Crippen MR) is 73.8 cm³/mol. The number of nitro benzene ring substituents is 1. The van der Waals surface area contributed by atoms with Gasteiger partial charge in [-0.1, -0.05) is 0 Å². The fourth-order valence-electron chi connectivity index (χ4n) is 1.69. The normalized spacial score (nSPS) is 10.2. The number of pyridine rings is 1. The Labute approximate surface area is 120 Å². The van der Waals surface area contributed by atoms with E-state index in [1.54, 1.807) is 19.9 Å². The van der Waals surface area contributed by atoms with Crippen molar-refractivity contribution in [1.82, 2.24) is 4.98 Å². The second-order valence-corrected chi connectivity index (χ2v) is 4.42. The summed E-state index contributed by atoms with van der Waals surface area (Å²) in [5.41, 5.74) is 0.977. The fraction of sp³-hybridized carbons (Fsp3) is 0.143. The van der Waals surface area contributed by atoms with Gasteiger partial charge in [0.2, 0.25) is 5.88 Å². The van der Waals surface area contributed by atoms with E-state index in [-0.39, 0.29) is 22.9 Å². The first kappa shape index (κ1) is 14.4. The number of benzene rings is 1. The molecule has 7 nitrogen and oxygen atoms in total. The third-order valence-electron chi connectivity index (χ3n) is 2.82. The minimum atomic E-state index is -1.18. The fourth-order valence-corrected chi connectivity index (χ4v) is 1.69. The van der Waals surface area contributed by atoms with E-state index in [1.807, 2.05) is 0 Å². The zero-order valence-electron chi connectivity index (χ0n) is 11.4. The van der Waals surface area contributed by atoms with Gasteiger partial charge in [0.1, 0.15) is 11.3 Å². The maximum atomic E-state index is 11.2. The lowest BCUT2D eigenvalue weighted by Crippen LogP contribution is -2.03. The molecule has 0 amide bonds. The maximum Gasteiger partial charge on any atom is 0.341 e. The molecule has 0 atom stereocenters. The van der Waals surface area contributed by atoms with Gasteiger partial charge in [0.05, 0.1) is 11.0 Å². The highest BCUT2D eigenvalue weighted by Gasteiger charge is 2.16. The second kappa shape index (κ2) is 5.58. The standard InChI is InChI=1S/C14H12N2O5/c1-8-3-5-10(16(19)20)7-12(8)21-13-11(14(17)18)6-4-9(2)15-13/h3-7H,1-2H3,(H,17,18). The number of carboxylic acids is 1. The van der Waals surface area contributed by atoms with Crippen molar-refractivity contribution in [3.05, 3.63) is 57.3 Å². The van der Waals surface area contributed by atoms with Gasteiger partial charge in [-0.2, -0.15) is 0 Å². The Morgan fingerprint density at radius 2 is 2.00 bits per heavy atom. The first-order chi connectivity index (χ1) is 9.88. The van der Waals surface area contributed by atoms with Gasteiger partial charge in [-0.3, -0.25) is 10.1 Å². The number of aromatic carboxylic acids is 1. The molecule has 0 saturated carbocycles. The molecule has 0 spiro atoms. The molecule has 0 aliphatic carbocycles. The average Bonchev–Trinajstić information content (AvgIpc) is 2.40. The Morgan fingerprint density at radius 3 is 2.62 bits per heavy atom. The SMILES string of the molecule is Cc1ccc(C(=O)O)c(Oc2cc([N+](=O)[O-])ccc2C)n1. The van der Waals surface area contributed by atoms with Crippen LogP contribution in [-0.2, 0) is 0 Å². The quantitative estimate of drug-likeness (QED) is 0.685. The third kappa shape index (κ3) is 3.14. The molecule has 2 aromatic rings. The Balaban J connectivity index is 2.47. The number of hydrogen-bond acceptors (Lipinski definition) is 5. The molecular formula is C14H12N2O5. The molecule has 7 heteroatoms. The van der Waals surface area contributed by atoms with E-state index in [0.29, 0.717) is 11.3 Å². The number of hydrogen-bond donors (Lipinski definition) is 1. The molecule has 108 valence electrons. The van der Waals surface area contributed by atoms with Crippen LogP contribution in [0, 0.1) is 24.0 Å². The van der Waals surface area contributed by atoms with Gasteiger partial charge in [0, 0.05) is 11.8 Å². The number of nitrogens with zero attached hydrogens (tertiary/aromatic N) is 2. The van der Waals surface area contributed by atoms with Crippen LogP contribution >= 0.6 is 0 Å². The van der Waals surface area contributed by atoms with Crippen LogP contribution in [0.15, 0.2) is 30.3 Å². The molecule has 1 heterocycles. The van der Waals surface area contributed by atoms with Crippen LogP contribution in [0.1, 0.15) is 21.6 Å². The molecule has 0 aliphatic rings. The molecule has 0 saturated heterocycles. The minimum Gasteiger partial charge on any atom is -0.477 e. The number of ether oxygens (including phenoxy) is 1. The predicted octanol–water partition coefficient (Wildman–Crippen LogP) is 3.10. The largest absolute Gasteiger partial charge is 0.477 e. The molecule has 21 heavy (non-hydrogen) atoms. The summed E-state index contributed by atoms with van der Waals surface area (Å²) >= 11 is 0. The average molecular weight is 288 g/mol. The molecule has 1 N–H and O–H groups in total. The maximum absolute atomic E-state index is 11.2. The van der Waals surface area contributed by atoms with Crippen LogP contribution < -0.4 is 4.74 Å². The zero-order chi connectivity index (χ0) is 15.6. The van der Waals surface area contributed by atoms with E-state index in [4.69, 9.17) is 9.84 Å². The van der Waals surface area contributed by atoms with Gasteiger partial charge in [0.25, 0.3) is 5.69 Å². The van der Waals surface area contributed by atoms with Crippen LogP contribution in [0.5, 0.6) is 11.6 Å². The summed E-state index contributed by atoms with van der Waals surface area (Å²) < 4.78 is 5.48. The van der Waals surface area contributed by atoms with Gasteiger partial charge in [0.15, 0.2) is 0 Å². The number of rotatable bonds is 4. The third-order valence-corrected chi connectivity index (χ3v) is 2.82. The molecular weight excluding hydrogens is 276 g/mol. The Hall–Kier alpha value is -2.96. The van der Waals surface area contributed by atoms with Gasteiger partial charge < -0.3 is 9.84 Å². The molecule has 0 aliphatic heterocycles. The monoisotopic (exact) mass is 288 g/mol. The molecule has 0 bridgehead atoms. The number of aromatic nitrogens is 1. The van der Waals surface area contributed by atoms with Crippen molar-refractivity contribution < 1.29 is 19.6 Å². The summed E-state index contributed by atoms with van der Waals surface area (Å²) in [4.78, 5) is 25.4. The molecule has 1 aromatic carbocycles. The molecule has 1 aromatic heterocycles. The van der Waals surface area contributed by atoms with E-state index in [9.17, 15) is 14.9 Å². The second-order valence-electron chi connectivity index (χ2n) is 4.42. The summed E-state index contributed by atoms with van der Waals surface area (Å²) in [6.07, 6.45) is 0. The highest BCUT2D eigenvalue weighted by molar-refractivity contribution is 5.90. The van der Waals surface area contributed by atoms with Crippen molar-refractivity contribution in [1.29, 1.82) is 0 Å². The first-order valence-electron chi connectivity index (χ1n) is 6.02. The smallest absolute Gasteiger partial charge is 0.341 e. The summed E-state index contributed by atoms with van der Waals surface area (Å²) in [5.74, 6) is -1.07. The molecule has 2 rings (SSSR count). The van der Waals surface area contributed by atoms with Crippen molar-refractivity contribution in [3.8, 4) is 11.6 Å². The highest BCUT2D eigenvalue weighted by atomic mass is 16.6. The van der Waals surface area contributed by atoms with E-state index in [0.717, 1.165) is 0 Å². The topological polar surface area (TPSA) is 103 Å². The van der Waals surface area contributed by atoms with Crippen LogP contribution in [-0.4, -0.2) is 21.0 Å². The number of nitro groups is 1. The van der Waals surface area contributed by atoms with Crippen LogP contribution in [0.4, 0.5) is 5.69 Å². The van der Waals surface area contributed by atoms with Crippen molar-refractivity contribution >= 4 is 11.7 Å². The van der Waals surface area contributed by atoms with Gasteiger partial charge in [-0.05, 0) is 37.6 Å². The lowest BCUT2D eigenvalue weighted by atomic mass is 10.2. The van der Waals surface area contributed by atoms with E-state index in [1.165, 1.54) is 24.3 Å². The van der Waals surface area contributed by atoms with Crippen LogP contribution in [0.2, 0.25) is 0 Å². The molecule has 0 unspecified atom stereocenters. The number of carboxylic acid groups (broad SMARTS) is 1. The van der Waals surface area contributed by atoms with E-state index in [2.05, 4.69) is 4.98 Å². The van der Waals surface area contributed by atoms with Crippen molar-refractivity contribution in [2.75, 3.05) is 0 Å². The molecule has 0 radical (unpaired) electrons. The first-order valence-corrected chi connectivity index (χ1v) is 6.02. The Bertz CT molecular complexity index is 727. The summed E-state index contributed by atoms with van der Waals surface area (Å²) in [5, 5.41) is 19.9. The van der Waals surface area contributed by atoms with Crippen LogP contribution in [0.25, 0.3) is 0 Å². The lowest BCUT2D eigenvalue weighted by molar-refractivity contribution is -0.384. The zero-order valence-corrected chi connectivity index (χ0v) is 11.4. The Kier molecular flexibility index (Phi) is 3.84. The van der Waals surface area contributed by atoms with E-state index < -0.39 is 10.9 Å². The number of non-ortho nitro benzene ring substituents is 1. The number of carbonyl (C=O) groups is 1. The van der Waals surface area contributed by atoms with Crippen molar-refractivity contribution in [2.24, 2.45) is 0 Å². The molecule has 0 fully saturated rings. The summed E-state index contributed by atoms with van der Waals surface area (Å²) in [6, 6.07) is 7.06. The highest BCUT2D eigenvalue weighted by Crippen LogP contribution is 2.29. The van der Waals surface area contributed by atoms with E-state index >= 15 is 0 Å². The van der Waals surface area contributed by atoms with Crippen molar-refractivity contribution in [3.63, 3.8) is 0 Å². The summed E-state index contributed by atoms with van der Waals surface area (Å²) in [7, 11) is 0. The van der Waals surface area contributed by atoms with Crippen LogP contribution in [0.3, 0.4) is 0 Å². The summed E-state index contributed by atoms with van der Waals surface area (Å²) in [6.45, 7) is 3.40. The minimum absolute atomic E-state index is 0.0916. The lowest BCUT2D eigenvalue weighted by Gasteiger charge is -2.10. The Morgan fingerprint density at radius 1 is 1.29 bits per heavy atom. The number of aryl methyl sites for hydroxylation is 2. The van der Waals surface area contributed by atoms with Gasteiger partial charge in [-0.25, -0.2) is 9.78 Å². The van der Waals surface area contributed by atoms with Gasteiger partial charge in [-0.15, -0.1) is 0 Å². The van der Waals surface area contributed by atoms with Gasteiger partial charge >= 0.3 is 5.97 Å².